The van der Waals surface area contributed by atoms with Crippen LogP contribution in [0.3, 0.4) is 0 Å². The summed E-state index contributed by atoms with van der Waals surface area (Å²) in [6.07, 6.45) is 2.93. The topological polar surface area (TPSA) is 47.3 Å². The highest BCUT2D eigenvalue weighted by atomic mass is 19.1. The van der Waals surface area contributed by atoms with Crippen LogP contribution in [-0.2, 0) is 11.2 Å². The Morgan fingerprint density at radius 1 is 1.47 bits per heavy atom. The quantitative estimate of drug-likeness (QED) is 0.621. The zero-order valence-corrected chi connectivity index (χ0v) is 10.0. The van der Waals surface area contributed by atoms with Crippen molar-refractivity contribution in [2.24, 2.45) is 5.84 Å². The third kappa shape index (κ3) is 3.03. The van der Waals surface area contributed by atoms with E-state index in [1.807, 2.05) is 6.07 Å². The van der Waals surface area contributed by atoms with Crippen molar-refractivity contribution in [2.45, 2.75) is 44.4 Å². The Morgan fingerprint density at radius 2 is 2.24 bits per heavy atom. The van der Waals surface area contributed by atoms with E-state index >= 15 is 0 Å². The Balaban J connectivity index is 2.03. The molecular formula is C13H19FN2O. The van der Waals surface area contributed by atoms with E-state index in [1.54, 1.807) is 12.1 Å². The van der Waals surface area contributed by atoms with E-state index in [-0.39, 0.29) is 24.1 Å². The van der Waals surface area contributed by atoms with Gasteiger partial charge in [-0.2, -0.15) is 0 Å². The number of benzene rings is 1. The van der Waals surface area contributed by atoms with Crippen LogP contribution in [0, 0.1) is 5.82 Å². The lowest BCUT2D eigenvalue weighted by Crippen LogP contribution is -2.45. The van der Waals surface area contributed by atoms with Crippen LogP contribution in [0.25, 0.3) is 0 Å². The molecule has 3 nitrogen and oxygen atoms in total. The van der Waals surface area contributed by atoms with Crippen molar-refractivity contribution in [1.29, 1.82) is 0 Å². The third-order valence-electron chi connectivity index (χ3n) is 3.33. The van der Waals surface area contributed by atoms with Crippen LogP contribution in [-0.4, -0.2) is 18.2 Å². The van der Waals surface area contributed by atoms with Gasteiger partial charge in [-0.05, 0) is 37.8 Å². The first-order valence-corrected chi connectivity index (χ1v) is 6.05. The van der Waals surface area contributed by atoms with Crippen molar-refractivity contribution in [3.05, 3.63) is 35.6 Å². The van der Waals surface area contributed by atoms with Crippen LogP contribution in [0.4, 0.5) is 4.39 Å². The van der Waals surface area contributed by atoms with Gasteiger partial charge in [0.1, 0.15) is 5.82 Å². The number of nitrogens with two attached hydrogens (primary N) is 1. The minimum absolute atomic E-state index is 0.0307. The first kappa shape index (κ1) is 12.5. The first-order valence-electron chi connectivity index (χ1n) is 6.05. The second-order valence-corrected chi connectivity index (χ2v) is 4.63. The molecule has 0 aliphatic carbocycles. The van der Waals surface area contributed by atoms with Crippen molar-refractivity contribution < 1.29 is 9.13 Å². The molecule has 1 aliphatic rings. The van der Waals surface area contributed by atoms with Crippen LogP contribution in [0.1, 0.15) is 25.3 Å². The molecule has 0 saturated carbocycles. The second-order valence-electron chi connectivity index (χ2n) is 4.63. The fourth-order valence-corrected chi connectivity index (χ4v) is 2.33. The standard InChI is InChI=1S/C13H19FN2O/c1-9-6-7-13(17-9)12(16-15)8-10-4-2-3-5-11(10)14/h2-5,9,12-13,16H,6-8,15H2,1H3. The third-order valence-corrected chi connectivity index (χ3v) is 3.33. The molecule has 94 valence electrons. The molecule has 2 rings (SSSR count). The molecule has 0 bridgehead atoms. The van der Waals surface area contributed by atoms with Crippen molar-refractivity contribution in [3.63, 3.8) is 0 Å². The highest BCUT2D eigenvalue weighted by Crippen LogP contribution is 2.23. The number of halogens is 1. The van der Waals surface area contributed by atoms with Gasteiger partial charge in [0.15, 0.2) is 0 Å². The van der Waals surface area contributed by atoms with E-state index in [0.717, 1.165) is 12.8 Å². The average Bonchev–Trinajstić information content (AvgIpc) is 2.75. The molecule has 0 radical (unpaired) electrons. The number of hydrogen-bond acceptors (Lipinski definition) is 3. The highest BCUT2D eigenvalue weighted by molar-refractivity contribution is 5.18. The molecule has 1 fully saturated rings. The normalized spacial score (nSPS) is 26.1. The van der Waals surface area contributed by atoms with E-state index in [0.29, 0.717) is 12.0 Å². The van der Waals surface area contributed by atoms with E-state index in [2.05, 4.69) is 12.3 Å². The van der Waals surface area contributed by atoms with Crippen LogP contribution in [0.2, 0.25) is 0 Å². The maximum absolute atomic E-state index is 13.5. The molecule has 0 spiro atoms. The average molecular weight is 238 g/mol. The Hall–Kier alpha value is -0.970. The fourth-order valence-electron chi connectivity index (χ4n) is 2.33. The van der Waals surface area contributed by atoms with E-state index in [1.165, 1.54) is 6.07 Å². The lowest BCUT2D eigenvalue weighted by molar-refractivity contribution is 0.0319. The van der Waals surface area contributed by atoms with E-state index in [4.69, 9.17) is 10.6 Å². The van der Waals surface area contributed by atoms with Gasteiger partial charge >= 0.3 is 0 Å². The van der Waals surface area contributed by atoms with Crippen molar-refractivity contribution >= 4 is 0 Å². The van der Waals surface area contributed by atoms with Gasteiger partial charge < -0.3 is 4.74 Å². The summed E-state index contributed by atoms with van der Waals surface area (Å²) >= 11 is 0. The van der Waals surface area contributed by atoms with Gasteiger partial charge in [-0.25, -0.2) is 4.39 Å². The molecule has 17 heavy (non-hydrogen) atoms. The van der Waals surface area contributed by atoms with Gasteiger partial charge in [-0.1, -0.05) is 18.2 Å². The number of ether oxygens (including phenoxy) is 1. The molecule has 1 saturated heterocycles. The van der Waals surface area contributed by atoms with Gasteiger partial charge in [0.05, 0.1) is 18.2 Å². The molecule has 1 aromatic carbocycles. The summed E-state index contributed by atoms with van der Waals surface area (Å²) in [6.45, 7) is 2.05. The maximum atomic E-state index is 13.5. The Labute approximate surface area is 101 Å². The van der Waals surface area contributed by atoms with E-state index < -0.39 is 0 Å². The van der Waals surface area contributed by atoms with Crippen LogP contribution in [0.15, 0.2) is 24.3 Å². The number of nitrogens with one attached hydrogen (secondary N) is 1. The zero-order valence-electron chi connectivity index (χ0n) is 10.0. The molecule has 3 unspecified atom stereocenters. The molecule has 3 atom stereocenters. The molecule has 1 heterocycles. The zero-order chi connectivity index (χ0) is 12.3. The monoisotopic (exact) mass is 238 g/mol. The van der Waals surface area contributed by atoms with Crippen LogP contribution >= 0.6 is 0 Å². The summed E-state index contributed by atoms with van der Waals surface area (Å²) in [5, 5.41) is 0. The van der Waals surface area contributed by atoms with Crippen molar-refractivity contribution in [3.8, 4) is 0 Å². The summed E-state index contributed by atoms with van der Waals surface area (Å²) in [4.78, 5) is 0. The van der Waals surface area contributed by atoms with E-state index in [9.17, 15) is 4.39 Å². The van der Waals surface area contributed by atoms with Gasteiger partial charge in [0.2, 0.25) is 0 Å². The molecule has 1 aromatic rings. The lowest BCUT2D eigenvalue weighted by atomic mass is 9.99. The predicted molar refractivity (Wildman–Crippen MR) is 64.8 cm³/mol. The number of hydrazine groups is 1. The number of hydrogen-bond donors (Lipinski definition) is 2. The molecule has 1 aliphatic heterocycles. The summed E-state index contributed by atoms with van der Waals surface area (Å²) in [7, 11) is 0. The summed E-state index contributed by atoms with van der Waals surface area (Å²) < 4.78 is 19.3. The van der Waals surface area contributed by atoms with Gasteiger partial charge in [-0.15, -0.1) is 0 Å². The second kappa shape index (κ2) is 5.58. The molecule has 0 aromatic heterocycles. The Morgan fingerprint density at radius 3 is 2.82 bits per heavy atom. The first-order chi connectivity index (χ1) is 8.20. The van der Waals surface area contributed by atoms with Gasteiger partial charge in [0.25, 0.3) is 0 Å². The summed E-state index contributed by atoms with van der Waals surface area (Å²) in [5.41, 5.74) is 3.43. The SMILES string of the molecule is CC1CCC(C(Cc2ccccc2F)NN)O1. The molecular weight excluding hydrogens is 219 g/mol. The fraction of sp³-hybridized carbons (Fsp3) is 0.538. The van der Waals surface area contributed by atoms with Gasteiger partial charge in [0, 0.05) is 0 Å². The minimum Gasteiger partial charge on any atom is -0.374 e. The van der Waals surface area contributed by atoms with Gasteiger partial charge in [-0.3, -0.25) is 11.3 Å². The smallest absolute Gasteiger partial charge is 0.126 e. The maximum Gasteiger partial charge on any atom is 0.126 e. The Kier molecular flexibility index (Phi) is 4.10. The summed E-state index contributed by atoms with van der Waals surface area (Å²) in [5.74, 6) is 5.36. The highest BCUT2D eigenvalue weighted by Gasteiger charge is 2.29. The minimum atomic E-state index is -0.182. The Bertz CT molecular complexity index is 372. The lowest BCUT2D eigenvalue weighted by Gasteiger charge is -2.23. The molecule has 4 heteroatoms. The molecule has 3 N–H and O–H groups in total. The van der Waals surface area contributed by atoms with Crippen molar-refractivity contribution in [2.75, 3.05) is 0 Å². The largest absolute Gasteiger partial charge is 0.374 e. The summed E-state index contributed by atoms with van der Waals surface area (Å²) in [6, 6.07) is 6.76. The van der Waals surface area contributed by atoms with Crippen LogP contribution in [0.5, 0.6) is 0 Å². The molecule has 0 amide bonds. The van der Waals surface area contributed by atoms with Crippen molar-refractivity contribution in [1.82, 2.24) is 5.43 Å². The number of rotatable bonds is 4. The van der Waals surface area contributed by atoms with Crippen LogP contribution < -0.4 is 11.3 Å². The predicted octanol–water partition coefficient (Wildman–Crippen LogP) is 1.77.